The van der Waals surface area contributed by atoms with E-state index in [1.54, 1.807) is 6.92 Å². The van der Waals surface area contributed by atoms with Gasteiger partial charge in [-0.3, -0.25) is 4.79 Å². The molecule has 0 bridgehead atoms. The molecule has 1 aliphatic rings. The van der Waals surface area contributed by atoms with Crippen molar-refractivity contribution in [2.45, 2.75) is 53.0 Å². The molecule has 110 valence electrons. The second-order valence-corrected chi connectivity index (χ2v) is 6.19. The molecule has 0 aromatic rings. The van der Waals surface area contributed by atoms with Crippen LogP contribution in [0.15, 0.2) is 0 Å². The smallest absolute Gasteiger partial charge is 0.328 e. The molecule has 19 heavy (non-hydrogen) atoms. The van der Waals surface area contributed by atoms with Crippen molar-refractivity contribution in [2.75, 3.05) is 7.11 Å². The fraction of sp³-hybridized carbons (Fsp3) is 0.867. The highest BCUT2D eigenvalue weighted by Gasteiger charge is 2.36. The molecule has 1 saturated carbocycles. The maximum atomic E-state index is 12.4. The zero-order chi connectivity index (χ0) is 14.6. The van der Waals surface area contributed by atoms with E-state index in [9.17, 15) is 9.59 Å². The van der Waals surface area contributed by atoms with E-state index in [-0.39, 0.29) is 11.8 Å². The molecule has 4 atom stereocenters. The maximum Gasteiger partial charge on any atom is 0.328 e. The summed E-state index contributed by atoms with van der Waals surface area (Å²) < 4.78 is 4.64. The molecule has 1 rings (SSSR count). The number of ether oxygens (including phenoxy) is 1. The van der Waals surface area contributed by atoms with Crippen LogP contribution in [0.3, 0.4) is 0 Å². The second kappa shape index (κ2) is 6.92. The first-order chi connectivity index (χ1) is 8.86. The molecular formula is C15H27NO3. The monoisotopic (exact) mass is 269 g/mol. The van der Waals surface area contributed by atoms with Gasteiger partial charge in [0.25, 0.3) is 0 Å². The molecule has 0 aromatic carbocycles. The number of esters is 1. The molecule has 1 N–H and O–H groups in total. The van der Waals surface area contributed by atoms with Crippen LogP contribution >= 0.6 is 0 Å². The van der Waals surface area contributed by atoms with E-state index in [4.69, 9.17) is 0 Å². The molecule has 0 saturated heterocycles. The average molecular weight is 269 g/mol. The van der Waals surface area contributed by atoms with Crippen molar-refractivity contribution in [3.8, 4) is 0 Å². The zero-order valence-corrected chi connectivity index (χ0v) is 12.7. The highest BCUT2D eigenvalue weighted by molar-refractivity contribution is 5.85. The lowest BCUT2D eigenvalue weighted by Gasteiger charge is -2.36. The Kier molecular flexibility index (Phi) is 5.83. The van der Waals surface area contributed by atoms with E-state index in [1.165, 1.54) is 13.5 Å². The molecule has 1 fully saturated rings. The lowest BCUT2D eigenvalue weighted by atomic mass is 9.69. The number of hydrogen-bond acceptors (Lipinski definition) is 3. The molecule has 0 radical (unpaired) electrons. The van der Waals surface area contributed by atoms with Crippen LogP contribution in [0.25, 0.3) is 0 Å². The standard InChI is InChI=1S/C15H27NO3/c1-9(2)12-7-6-10(3)8-13(12)14(17)16-11(4)15(18)19-5/h9-13H,6-8H2,1-5H3,(H,16,17)/t10-,11-,12+,13-/m1/s1. The van der Waals surface area contributed by atoms with E-state index in [0.717, 1.165) is 12.8 Å². The van der Waals surface area contributed by atoms with Crippen molar-refractivity contribution < 1.29 is 14.3 Å². The van der Waals surface area contributed by atoms with Gasteiger partial charge in [0, 0.05) is 5.92 Å². The molecule has 4 heteroatoms. The summed E-state index contributed by atoms with van der Waals surface area (Å²) in [4.78, 5) is 23.7. The maximum absolute atomic E-state index is 12.4. The molecule has 1 aliphatic carbocycles. The van der Waals surface area contributed by atoms with Gasteiger partial charge in [-0.15, -0.1) is 0 Å². The summed E-state index contributed by atoms with van der Waals surface area (Å²) in [5.74, 6) is 1.13. The van der Waals surface area contributed by atoms with E-state index in [0.29, 0.717) is 17.8 Å². The van der Waals surface area contributed by atoms with Crippen LogP contribution in [0, 0.1) is 23.7 Å². The van der Waals surface area contributed by atoms with Crippen LogP contribution in [0.5, 0.6) is 0 Å². The van der Waals surface area contributed by atoms with Gasteiger partial charge >= 0.3 is 5.97 Å². The lowest BCUT2D eigenvalue weighted by molar-refractivity contribution is -0.145. The predicted octanol–water partition coefficient (Wildman–Crippen LogP) is 2.37. The van der Waals surface area contributed by atoms with Crippen molar-refractivity contribution in [2.24, 2.45) is 23.7 Å². The molecule has 1 amide bonds. The average Bonchev–Trinajstić information content (AvgIpc) is 2.36. The summed E-state index contributed by atoms with van der Waals surface area (Å²) in [5.41, 5.74) is 0. The summed E-state index contributed by atoms with van der Waals surface area (Å²) in [6.45, 7) is 8.20. The van der Waals surface area contributed by atoms with Gasteiger partial charge in [0.05, 0.1) is 7.11 Å². The Morgan fingerprint density at radius 2 is 1.84 bits per heavy atom. The number of carbonyl (C=O) groups is 2. The molecule has 4 nitrogen and oxygen atoms in total. The van der Waals surface area contributed by atoms with E-state index in [1.807, 2.05) is 0 Å². The zero-order valence-electron chi connectivity index (χ0n) is 12.7. The number of nitrogens with one attached hydrogen (secondary N) is 1. The minimum absolute atomic E-state index is 0.00292. The molecular weight excluding hydrogens is 242 g/mol. The first-order valence-corrected chi connectivity index (χ1v) is 7.25. The summed E-state index contributed by atoms with van der Waals surface area (Å²) in [5, 5.41) is 2.79. The Hall–Kier alpha value is -1.06. The lowest BCUT2D eigenvalue weighted by Crippen LogP contribution is -2.46. The van der Waals surface area contributed by atoms with Crippen molar-refractivity contribution in [1.82, 2.24) is 5.32 Å². The summed E-state index contributed by atoms with van der Waals surface area (Å²) in [6, 6.07) is -0.567. The number of carbonyl (C=O) groups excluding carboxylic acids is 2. The van der Waals surface area contributed by atoms with Gasteiger partial charge in [-0.25, -0.2) is 4.79 Å². The number of rotatable bonds is 4. The Bertz CT molecular complexity index is 327. The van der Waals surface area contributed by atoms with Gasteiger partial charge in [0.2, 0.25) is 5.91 Å². The van der Waals surface area contributed by atoms with Crippen LogP contribution in [0.2, 0.25) is 0 Å². The van der Waals surface area contributed by atoms with Gasteiger partial charge in [-0.1, -0.05) is 27.2 Å². The van der Waals surface area contributed by atoms with Gasteiger partial charge < -0.3 is 10.1 Å². The third-order valence-electron chi connectivity index (χ3n) is 4.27. The third kappa shape index (κ3) is 4.22. The van der Waals surface area contributed by atoms with Crippen molar-refractivity contribution >= 4 is 11.9 Å². The van der Waals surface area contributed by atoms with Gasteiger partial charge in [-0.2, -0.15) is 0 Å². The van der Waals surface area contributed by atoms with Gasteiger partial charge in [0.15, 0.2) is 0 Å². The van der Waals surface area contributed by atoms with Crippen LogP contribution < -0.4 is 5.32 Å². The van der Waals surface area contributed by atoms with E-state index >= 15 is 0 Å². The Morgan fingerprint density at radius 1 is 1.21 bits per heavy atom. The van der Waals surface area contributed by atoms with E-state index in [2.05, 4.69) is 30.8 Å². The SMILES string of the molecule is COC(=O)[C@@H](C)NC(=O)[C@@H]1C[C@H](C)CC[C@H]1C(C)C. The van der Waals surface area contributed by atoms with Crippen molar-refractivity contribution in [3.05, 3.63) is 0 Å². The van der Waals surface area contributed by atoms with Crippen LogP contribution in [-0.2, 0) is 14.3 Å². The quantitative estimate of drug-likeness (QED) is 0.797. The summed E-state index contributed by atoms with van der Waals surface area (Å²) >= 11 is 0. The normalized spacial score (nSPS) is 28.8. The number of methoxy groups -OCH3 is 1. The van der Waals surface area contributed by atoms with Gasteiger partial charge in [-0.05, 0) is 37.5 Å². The fourth-order valence-corrected chi connectivity index (χ4v) is 3.06. The van der Waals surface area contributed by atoms with Crippen molar-refractivity contribution in [3.63, 3.8) is 0 Å². The fourth-order valence-electron chi connectivity index (χ4n) is 3.06. The summed E-state index contributed by atoms with van der Waals surface area (Å²) in [6.07, 6.45) is 3.21. The second-order valence-electron chi connectivity index (χ2n) is 6.19. The molecule has 0 aromatic heterocycles. The largest absolute Gasteiger partial charge is 0.467 e. The first-order valence-electron chi connectivity index (χ1n) is 7.25. The summed E-state index contributed by atoms with van der Waals surface area (Å²) in [7, 11) is 1.34. The Labute approximate surface area is 116 Å². The number of hydrogen-bond donors (Lipinski definition) is 1. The predicted molar refractivity (Wildman–Crippen MR) is 74.5 cm³/mol. The Morgan fingerprint density at radius 3 is 2.37 bits per heavy atom. The van der Waals surface area contributed by atoms with Crippen LogP contribution in [0.4, 0.5) is 0 Å². The minimum Gasteiger partial charge on any atom is -0.467 e. The van der Waals surface area contributed by atoms with Crippen LogP contribution in [-0.4, -0.2) is 25.0 Å². The molecule has 0 aliphatic heterocycles. The molecule has 0 unspecified atom stereocenters. The number of amides is 1. The molecule has 0 spiro atoms. The Balaban J connectivity index is 2.68. The minimum atomic E-state index is -0.567. The highest BCUT2D eigenvalue weighted by Crippen LogP contribution is 2.38. The van der Waals surface area contributed by atoms with Crippen molar-refractivity contribution in [1.29, 1.82) is 0 Å². The first kappa shape index (κ1) is 16.0. The topological polar surface area (TPSA) is 55.4 Å². The van der Waals surface area contributed by atoms with Gasteiger partial charge in [0.1, 0.15) is 6.04 Å². The molecule has 0 heterocycles. The van der Waals surface area contributed by atoms with Crippen LogP contribution in [0.1, 0.15) is 47.0 Å². The third-order valence-corrected chi connectivity index (χ3v) is 4.27. The highest BCUT2D eigenvalue weighted by atomic mass is 16.5. The van der Waals surface area contributed by atoms with E-state index < -0.39 is 12.0 Å².